The van der Waals surface area contributed by atoms with Crippen molar-refractivity contribution < 1.29 is 24.2 Å². The van der Waals surface area contributed by atoms with E-state index < -0.39 is 17.5 Å². The third-order valence-electron chi connectivity index (χ3n) is 7.52. The molecular formula is C28H34N2O5. The number of ether oxygens (including phenoxy) is 1. The number of fused-ring (bicyclic) bond motifs is 3. The SMILES string of the molecule is CC(CCCC(=O)O)NC(=O)C1(C)CCCC1NC(=O)OCC1c2ccccc2-c2ccccc21. The van der Waals surface area contributed by atoms with Crippen molar-refractivity contribution in [1.29, 1.82) is 0 Å². The summed E-state index contributed by atoms with van der Waals surface area (Å²) in [5.74, 6) is -0.960. The lowest BCUT2D eigenvalue weighted by atomic mass is 9.83. The van der Waals surface area contributed by atoms with Crippen LogP contribution in [0.2, 0.25) is 0 Å². The summed E-state index contributed by atoms with van der Waals surface area (Å²) in [4.78, 5) is 36.6. The van der Waals surface area contributed by atoms with Gasteiger partial charge in [-0.15, -0.1) is 0 Å². The van der Waals surface area contributed by atoms with Crippen LogP contribution in [0.5, 0.6) is 0 Å². The van der Waals surface area contributed by atoms with Crippen molar-refractivity contribution in [3.8, 4) is 11.1 Å². The fourth-order valence-electron chi connectivity index (χ4n) is 5.47. The summed E-state index contributed by atoms with van der Waals surface area (Å²) in [6.07, 6.45) is 2.91. The molecule has 7 heteroatoms. The monoisotopic (exact) mass is 478 g/mol. The van der Waals surface area contributed by atoms with Crippen LogP contribution in [0.1, 0.15) is 69.4 Å². The van der Waals surface area contributed by atoms with Gasteiger partial charge in [0.1, 0.15) is 6.61 Å². The van der Waals surface area contributed by atoms with Gasteiger partial charge in [-0.05, 0) is 61.8 Å². The van der Waals surface area contributed by atoms with Gasteiger partial charge in [-0.3, -0.25) is 9.59 Å². The number of carboxylic acids is 1. The first-order chi connectivity index (χ1) is 16.8. The standard InChI is InChI=1S/C28H34N2O5/c1-18(9-7-15-25(31)32)29-26(33)28(2)16-8-14-24(28)30-27(34)35-17-23-21-12-5-3-10-19(21)20-11-4-6-13-22(20)23/h3-6,10-13,18,23-24H,7-9,14-17H2,1-2H3,(H,29,33)(H,30,34)(H,31,32). The summed E-state index contributed by atoms with van der Waals surface area (Å²) in [5.41, 5.74) is 3.93. The average molecular weight is 479 g/mol. The van der Waals surface area contributed by atoms with Gasteiger partial charge in [-0.1, -0.05) is 55.0 Å². The minimum atomic E-state index is -0.835. The minimum Gasteiger partial charge on any atom is -0.481 e. The number of nitrogens with one attached hydrogen (secondary N) is 2. The molecule has 0 heterocycles. The first-order valence-electron chi connectivity index (χ1n) is 12.4. The van der Waals surface area contributed by atoms with Gasteiger partial charge in [0.2, 0.25) is 5.91 Å². The van der Waals surface area contributed by atoms with Crippen molar-refractivity contribution in [2.24, 2.45) is 5.41 Å². The van der Waals surface area contributed by atoms with E-state index in [0.717, 1.165) is 17.5 Å². The van der Waals surface area contributed by atoms with Crippen LogP contribution in [0, 0.1) is 5.41 Å². The Morgan fingerprint density at radius 1 is 1.09 bits per heavy atom. The summed E-state index contributed by atoms with van der Waals surface area (Å²) in [6.45, 7) is 4.00. The van der Waals surface area contributed by atoms with Crippen molar-refractivity contribution in [3.63, 3.8) is 0 Å². The van der Waals surface area contributed by atoms with Crippen molar-refractivity contribution in [2.45, 2.75) is 70.4 Å². The third-order valence-corrected chi connectivity index (χ3v) is 7.52. The number of carboxylic acid groups (broad SMARTS) is 1. The second-order valence-electron chi connectivity index (χ2n) is 9.99. The van der Waals surface area contributed by atoms with E-state index in [2.05, 4.69) is 34.9 Å². The quantitative estimate of drug-likeness (QED) is 0.478. The van der Waals surface area contributed by atoms with E-state index in [0.29, 0.717) is 25.7 Å². The number of alkyl carbamates (subject to hydrolysis) is 1. The van der Waals surface area contributed by atoms with Crippen LogP contribution < -0.4 is 10.6 Å². The first kappa shape index (κ1) is 24.8. The highest BCUT2D eigenvalue weighted by atomic mass is 16.5. The molecule has 186 valence electrons. The molecule has 7 nitrogen and oxygen atoms in total. The lowest BCUT2D eigenvalue weighted by Gasteiger charge is -2.32. The predicted octanol–water partition coefficient (Wildman–Crippen LogP) is 4.84. The minimum absolute atomic E-state index is 0.0157. The number of hydrogen-bond acceptors (Lipinski definition) is 4. The van der Waals surface area contributed by atoms with E-state index in [1.807, 2.05) is 38.1 Å². The van der Waals surface area contributed by atoms with Crippen LogP contribution in [0.3, 0.4) is 0 Å². The van der Waals surface area contributed by atoms with E-state index in [-0.39, 0.29) is 36.9 Å². The highest BCUT2D eigenvalue weighted by molar-refractivity contribution is 5.84. The maximum absolute atomic E-state index is 13.1. The zero-order valence-corrected chi connectivity index (χ0v) is 20.4. The van der Waals surface area contributed by atoms with E-state index >= 15 is 0 Å². The fourth-order valence-corrected chi connectivity index (χ4v) is 5.47. The lowest BCUT2D eigenvalue weighted by molar-refractivity contribution is -0.137. The Labute approximate surface area is 206 Å². The number of rotatable bonds is 9. The number of benzene rings is 2. The number of aliphatic carboxylic acids is 1. The van der Waals surface area contributed by atoms with Gasteiger partial charge >= 0.3 is 12.1 Å². The fraction of sp³-hybridized carbons (Fsp3) is 0.464. The topological polar surface area (TPSA) is 105 Å². The summed E-state index contributed by atoms with van der Waals surface area (Å²) in [7, 11) is 0. The molecule has 2 aliphatic rings. The predicted molar refractivity (Wildman–Crippen MR) is 133 cm³/mol. The Morgan fingerprint density at radius 2 is 1.71 bits per heavy atom. The molecule has 3 atom stereocenters. The Balaban J connectivity index is 1.34. The van der Waals surface area contributed by atoms with E-state index in [1.54, 1.807) is 0 Å². The van der Waals surface area contributed by atoms with Crippen molar-refractivity contribution in [2.75, 3.05) is 6.61 Å². The number of carbonyl (C=O) groups excluding carboxylic acids is 2. The lowest BCUT2D eigenvalue weighted by Crippen LogP contribution is -2.52. The van der Waals surface area contributed by atoms with E-state index in [1.165, 1.54) is 11.1 Å². The van der Waals surface area contributed by atoms with Gasteiger partial charge in [0.15, 0.2) is 0 Å². The molecule has 0 aromatic heterocycles. The maximum Gasteiger partial charge on any atom is 0.407 e. The molecule has 0 spiro atoms. The number of carbonyl (C=O) groups is 3. The Kier molecular flexibility index (Phi) is 7.43. The van der Waals surface area contributed by atoms with Gasteiger partial charge in [-0.25, -0.2) is 4.79 Å². The molecule has 4 rings (SSSR count). The van der Waals surface area contributed by atoms with Gasteiger partial charge in [0, 0.05) is 24.4 Å². The summed E-state index contributed by atoms with van der Waals surface area (Å²) >= 11 is 0. The Bertz CT molecular complexity index is 1050. The van der Waals surface area contributed by atoms with Gasteiger partial charge in [0.25, 0.3) is 0 Å². The molecule has 0 saturated heterocycles. The molecule has 2 aromatic carbocycles. The molecule has 1 saturated carbocycles. The van der Waals surface area contributed by atoms with Crippen LogP contribution >= 0.6 is 0 Å². The van der Waals surface area contributed by atoms with Crippen LogP contribution in [0.25, 0.3) is 11.1 Å². The van der Waals surface area contributed by atoms with Crippen molar-refractivity contribution >= 4 is 18.0 Å². The molecule has 0 bridgehead atoms. The summed E-state index contributed by atoms with van der Waals surface area (Å²) < 4.78 is 5.69. The average Bonchev–Trinajstić information content (AvgIpc) is 3.36. The number of amides is 2. The first-order valence-corrected chi connectivity index (χ1v) is 12.4. The largest absolute Gasteiger partial charge is 0.481 e. The molecule has 1 fully saturated rings. The highest BCUT2D eigenvalue weighted by Crippen LogP contribution is 2.44. The van der Waals surface area contributed by atoms with E-state index in [9.17, 15) is 14.4 Å². The van der Waals surface area contributed by atoms with Crippen LogP contribution in [0.15, 0.2) is 48.5 Å². The van der Waals surface area contributed by atoms with E-state index in [4.69, 9.17) is 9.84 Å². The normalized spacial score (nSPS) is 21.6. The molecule has 3 unspecified atom stereocenters. The van der Waals surface area contributed by atoms with Crippen LogP contribution in [-0.2, 0) is 14.3 Å². The molecule has 2 aliphatic carbocycles. The molecule has 0 radical (unpaired) electrons. The van der Waals surface area contributed by atoms with Gasteiger partial charge in [0.05, 0.1) is 5.41 Å². The smallest absolute Gasteiger partial charge is 0.407 e. The second kappa shape index (κ2) is 10.5. The molecule has 2 amide bonds. The van der Waals surface area contributed by atoms with Gasteiger partial charge < -0.3 is 20.5 Å². The number of hydrogen-bond donors (Lipinski definition) is 3. The molecule has 3 N–H and O–H groups in total. The van der Waals surface area contributed by atoms with Crippen LogP contribution in [-0.4, -0.2) is 41.8 Å². The molecule has 0 aliphatic heterocycles. The Morgan fingerprint density at radius 3 is 2.34 bits per heavy atom. The highest BCUT2D eigenvalue weighted by Gasteiger charge is 2.46. The summed E-state index contributed by atoms with van der Waals surface area (Å²) in [6, 6.07) is 16.0. The third kappa shape index (κ3) is 5.34. The maximum atomic E-state index is 13.1. The molecular weight excluding hydrogens is 444 g/mol. The van der Waals surface area contributed by atoms with Crippen molar-refractivity contribution in [3.05, 3.63) is 59.7 Å². The summed E-state index contributed by atoms with van der Waals surface area (Å²) in [5, 5.41) is 14.8. The second-order valence-corrected chi connectivity index (χ2v) is 9.99. The van der Waals surface area contributed by atoms with Gasteiger partial charge in [-0.2, -0.15) is 0 Å². The zero-order valence-electron chi connectivity index (χ0n) is 20.4. The zero-order chi connectivity index (χ0) is 25.0. The molecule has 35 heavy (non-hydrogen) atoms. The van der Waals surface area contributed by atoms with Crippen molar-refractivity contribution in [1.82, 2.24) is 10.6 Å². The van der Waals surface area contributed by atoms with Crippen LogP contribution in [0.4, 0.5) is 4.79 Å². The molecule has 2 aromatic rings. The Hall–Kier alpha value is -3.35.